The average molecular weight is 647 g/mol. The van der Waals surface area contributed by atoms with Crippen molar-refractivity contribution >= 4 is 27.7 Å². The summed E-state index contributed by atoms with van der Waals surface area (Å²) in [5, 5.41) is 8.52. The molecule has 0 saturated carbocycles. The topological polar surface area (TPSA) is 87.6 Å². The summed E-state index contributed by atoms with van der Waals surface area (Å²) in [5.74, 6) is 1.02. The van der Waals surface area contributed by atoms with Gasteiger partial charge in [0.1, 0.15) is 17.4 Å². The van der Waals surface area contributed by atoms with Crippen molar-refractivity contribution in [1.82, 2.24) is 4.98 Å². The third-order valence-corrected chi connectivity index (χ3v) is 8.27. The van der Waals surface area contributed by atoms with Gasteiger partial charge in [-0.2, -0.15) is 0 Å². The molecule has 0 spiro atoms. The van der Waals surface area contributed by atoms with Gasteiger partial charge in [-0.25, -0.2) is 17.8 Å². The van der Waals surface area contributed by atoms with Gasteiger partial charge in [0.05, 0.1) is 17.6 Å². The molecule has 45 heavy (non-hydrogen) atoms. The smallest absolute Gasteiger partial charge is 0.233 e. The molecule has 3 rings (SSSR count). The fourth-order valence-corrected chi connectivity index (χ4v) is 6.51. The second-order valence-corrected chi connectivity index (χ2v) is 16.9. The van der Waals surface area contributed by atoms with Gasteiger partial charge in [0.15, 0.2) is 0 Å². The fraction of sp³-hybridized carbons (Fsp3) is 0.622. The number of Topliss-reactive ketones (excluding diaryl/α,β-unsaturated/α-hetero) is 1. The van der Waals surface area contributed by atoms with Gasteiger partial charge in [0, 0.05) is 30.5 Å². The molecule has 0 aliphatic carbocycles. The number of hydrogen-bond acceptors (Lipinski definition) is 5. The Morgan fingerprint density at radius 3 is 2.11 bits per heavy atom. The van der Waals surface area contributed by atoms with Gasteiger partial charge in [-0.15, -0.1) is 0 Å². The van der Waals surface area contributed by atoms with Gasteiger partial charge in [-0.3, -0.25) is 9.10 Å². The first-order valence-corrected chi connectivity index (χ1v) is 17.6. The van der Waals surface area contributed by atoms with Crippen LogP contribution < -0.4 is 4.31 Å². The molecule has 0 radical (unpaired) electrons. The number of halogens is 1. The summed E-state index contributed by atoms with van der Waals surface area (Å²) in [4.78, 5) is 17.5. The zero-order valence-corrected chi connectivity index (χ0v) is 29.6. The zero-order chi connectivity index (χ0) is 33.6. The highest BCUT2D eigenvalue weighted by Crippen LogP contribution is 2.41. The number of fused-ring (bicyclic) bond motifs is 1. The van der Waals surface area contributed by atoms with E-state index in [0.717, 1.165) is 34.4 Å². The van der Waals surface area contributed by atoms with Crippen molar-refractivity contribution in [2.45, 2.75) is 120 Å². The molecule has 0 fully saturated rings. The van der Waals surface area contributed by atoms with Crippen molar-refractivity contribution in [2.24, 2.45) is 17.3 Å². The Morgan fingerprint density at radius 1 is 1.07 bits per heavy atom. The number of carbonyl (C=O) groups excluding carboxylic acids is 1. The number of sulfonamides is 1. The number of allylic oxidation sites excluding steroid dienone is 1. The molecule has 2 atom stereocenters. The number of rotatable bonds is 10. The van der Waals surface area contributed by atoms with E-state index in [1.165, 1.54) is 22.7 Å². The van der Waals surface area contributed by atoms with E-state index in [1.807, 2.05) is 0 Å². The van der Waals surface area contributed by atoms with Gasteiger partial charge >= 0.3 is 0 Å². The van der Waals surface area contributed by atoms with Gasteiger partial charge in [0.2, 0.25) is 10.0 Å². The van der Waals surface area contributed by atoms with Crippen LogP contribution in [0.2, 0.25) is 0 Å². The number of benzene rings is 1. The Balaban J connectivity index is 0.00000156. The van der Waals surface area contributed by atoms with Crippen LogP contribution in [0.4, 0.5) is 10.2 Å². The van der Waals surface area contributed by atoms with E-state index in [1.54, 1.807) is 32.9 Å². The number of hydrogen-bond donors (Lipinski definition) is 1. The predicted octanol–water partition coefficient (Wildman–Crippen LogP) is 9.21. The van der Waals surface area contributed by atoms with Crippen molar-refractivity contribution in [3.63, 3.8) is 0 Å². The summed E-state index contributed by atoms with van der Waals surface area (Å²) in [7, 11) is -3.50. The number of carbonyl (C=O) groups is 1. The third kappa shape index (κ3) is 13.4. The Kier molecular flexibility index (Phi) is 14.7. The first-order chi connectivity index (χ1) is 20.1. The van der Waals surface area contributed by atoms with Crippen LogP contribution >= 0.6 is 0 Å². The number of aliphatic hydroxyl groups is 1. The van der Waals surface area contributed by atoms with Gasteiger partial charge < -0.3 is 5.11 Å². The van der Waals surface area contributed by atoms with Crippen LogP contribution in [-0.2, 0) is 21.2 Å². The normalized spacial score (nSPS) is 15.2. The molecule has 0 saturated heterocycles. The molecular formula is C37H59FN2O4S. The Labute approximate surface area is 273 Å². The monoisotopic (exact) mass is 646 g/mol. The minimum atomic E-state index is -3.50. The van der Waals surface area contributed by atoms with Crippen LogP contribution in [0.15, 0.2) is 30.3 Å². The van der Waals surface area contributed by atoms with Crippen molar-refractivity contribution in [2.75, 3.05) is 17.1 Å². The van der Waals surface area contributed by atoms with Crippen LogP contribution in [0.25, 0.3) is 17.2 Å². The molecule has 2 aromatic rings. The van der Waals surface area contributed by atoms with E-state index < -0.39 is 15.6 Å². The lowest BCUT2D eigenvalue weighted by Crippen LogP contribution is -2.36. The maximum absolute atomic E-state index is 13.9. The molecule has 1 aliphatic heterocycles. The fourth-order valence-electron chi connectivity index (χ4n) is 5.58. The second-order valence-electron chi connectivity index (χ2n) is 15.0. The molecule has 0 unspecified atom stereocenters. The quantitative estimate of drug-likeness (QED) is 0.278. The molecule has 2 heterocycles. The van der Waals surface area contributed by atoms with Crippen LogP contribution in [0.3, 0.4) is 0 Å². The number of anilines is 1. The summed E-state index contributed by atoms with van der Waals surface area (Å²) in [6.45, 7) is 20.3. The lowest BCUT2D eigenvalue weighted by Gasteiger charge is -2.32. The molecule has 8 heteroatoms. The van der Waals surface area contributed by atoms with Crippen molar-refractivity contribution in [3.05, 3.63) is 53.0 Å². The molecule has 1 N–H and O–H groups in total. The molecule has 0 bridgehead atoms. The lowest BCUT2D eigenvalue weighted by atomic mass is 9.84. The van der Waals surface area contributed by atoms with E-state index in [0.29, 0.717) is 43.8 Å². The minimum absolute atomic E-state index is 0. The first-order valence-electron chi connectivity index (χ1n) is 15.8. The van der Waals surface area contributed by atoms with E-state index in [4.69, 9.17) is 10.1 Å². The highest BCUT2D eigenvalue weighted by molar-refractivity contribution is 7.92. The molecular weight excluding hydrogens is 587 g/mol. The lowest BCUT2D eigenvalue weighted by molar-refractivity contribution is -0.121. The molecule has 0 amide bonds. The average Bonchev–Trinajstić information content (AvgIpc) is 2.83. The van der Waals surface area contributed by atoms with E-state index >= 15 is 0 Å². The van der Waals surface area contributed by atoms with E-state index in [-0.39, 0.29) is 36.4 Å². The van der Waals surface area contributed by atoms with Gasteiger partial charge in [-0.1, -0.05) is 80.2 Å². The Bertz CT molecular complexity index is 1400. The maximum Gasteiger partial charge on any atom is 0.233 e. The van der Waals surface area contributed by atoms with E-state index in [9.17, 15) is 17.6 Å². The molecule has 1 aromatic carbocycles. The number of aromatic nitrogens is 1. The van der Waals surface area contributed by atoms with Gasteiger partial charge in [-0.05, 0) is 86.5 Å². The maximum atomic E-state index is 13.9. The summed E-state index contributed by atoms with van der Waals surface area (Å²) >= 11 is 0. The first kappa shape index (κ1) is 40.4. The van der Waals surface area contributed by atoms with Crippen LogP contribution in [-0.4, -0.2) is 42.7 Å². The van der Waals surface area contributed by atoms with E-state index in [2.05, 4.69) is 60.6 Å². The van der Waals surface area contributed by atoms with Crippen LogP contribution in [0.5, 0.6) is 0 Å². The standard InChI is InChI=1S/C32H45FN2O3S.C4H10O.CH4/c1-21(2)30-27(16-11-22(3)18-23(4)19-26(36)20-32(5,6)7)29(24-12-14-25(33)15-13-24)28-10-9-17-35(31(28)34-30)39(8,37)38;1-4(2,3)5;/h11-16,21-23H,9-10,17-20H2,1-8H3;5H,1-3H3;1H4/b16-11+;;/t22-,23-;;/m1../s1. The van der Waals surface area contributed by atoms with Crippen LogP contribution in [0.1, 0.15) is 125 Å². The highest BCUT2D eigenvalue weighted by atomic mass is 32.2. The van der Waals surface area contributed by atoms with Crippen LogP contribution in [0, 0.1) is 23.1 Å². The molecule has 254 valence electrons. The van der Waals surface area contributed by atoms with Gasteiger partial charge in [0.25, 0.3) is 0 Å². The number of pyridine rings is 1. The largest absolute Gasteiger partial charge is 0.391 e. The summed E-state index contributed by atoms with van der Waals surface area (Å²) in [6, 6.07) is 6.41. The van der Waals surface area contributed by atoms with Crippen molar-refractivity contribution in [3.8, 4) is 11.1 Å². The Hall–Kier alpha value is -2.58. The second kappa shape index (κ2) is 16.3. The van der Waals surface area contributed by atoms with Crippen molar-refractivity contribution < 1.29 is 22.7 Å². The number of ketones is 1. The third-order valence-electron chi connectivity index (χ3n) is 7.12. The summed E-state index contributed by atoms with van der Waals surface area (Å²) in [6.07, 6.45) is 8.94. The molecule has 1 aliphatic rings. The highest BCUT2D eigenvalue weighted by Gasteiger charge is 2.31. The summed E-state index contributed by atoms with van der Waals surface area (Å²) < 4.78 is 40.7. The summed E-state index contributed by atoms with van der Waals surface area (Å²) in [5.41, 5.74) is 3.93. The SMILES string of the molecule is C.CC(C)(C)O.CC(C)c1nc2c(c(-c3ccc(F)cc3)c1/C=C/[C@@H](C)C[C@@H](C)CC(=O)CC(C)(C)C)CCCN2S(C)(=O)=O. The zero-order valence-electron chi connectivity index (χ0n) is 28.8. The van der Waals surface area contributed by atoms with Crippen molar-refractivity contribution in [1.29, 1.82) is 0 Å². The predicted molar refractivity (Wildman–Crippen MR) is 189 cm³/mol. The molecule has 6 nitrogen and oxygen atoms in total. The Morgan fingerprint density at radius 2 is 1.62 bits per heavy atom. The minimum Gasteiger partial charge on any atom is -0.391 e. The number of nitrogens with zero attached hydrogens (tertiary/aromatic N) is 2. The molecule has 1 aromatic heterocycles.